The van der Waals surface area contributed by atoms with Crippen molar-refractivity contribution < 1.29 is 32.2 Å². The van der Waals surface area contributed by atoms with Crippen LogP contribution in [-0.4, -0.2) is 47.7 Å². The maximum Gasteiger partial charge on any atom is 0.416 e. The SMILES string of the molecule is COc1ccc(OC)c(CC(=O)N2CCc3[nH]nc(C(=O)NCc4cccc(C(F)(F)F)c4)c3C2)c1. The summed E-state index contributed by atoms with van der Waals surface area (Å²) in [6.07, 6.45) is -3.89. The number of carbonyl (C=O) groups excluding carboxylic acids is 2. The second-order valence-corrected chi connectivity index (χ2v) is 8.33. The molecule has 11 heteroatoms. The summed E-state index contributed by atoms with van der Waals surface area (Å²) in [6, 6.07) is 9.99. The van der Waals surface area contributed by atoms with E-state index in [1.54, 1.807) is 23.1 Å². The highest BCUT2D eigenvalue weighted by Gasteiger charge is 2.31. The number of hydrogen-bond donors (Lipinski definition) is 2. The summed E-state index contributed by atoms with van der Waals surface area (Å²) in [5.74, 6) is 0.492. The van der Waals surface area contributed by atoms with Crippen LogP contribution >= 0.6 is 0 Å². The predicted octanol–water partition coefficient (Wildman–Crippen LogP) is 3.50. The Hall–Kier alpha value is -4.02. The Labute approximate surface area is 205 Å². The van der Waals surface area contributed by atoms with E-state index in [9.17, 15) is 22.8 Å². The Morgan fingerprint density at radius 2 is 1.94 bits per heavy atom. The molecule has 8 nitrogen and oxygen atoms in total. The molecule has 0 bridgehead atoms. The fourth-order valence-electron chi connectivity index (χ4n) is 4.11. The monoisotopic (exact) mass is 502 g/mol. The van der Waals surface area contributed by atoms with Crippen molar-refractivity contribution in [2.75, 3.05) is 20.8 Å². The second-order valence-electron chi connectivity index (χ2n) is 8.33. The minimum absolute atomic E-state index is 0.0879. The van der Waals surface area contributed by atoms with Gasteiger partial charge in [-0.1, -0.05) is 12.1 Å². The number of aromatic nitrogens is 2. The molecule has 0 saturated heterocycles. The number of rotatable bonds is 7. The van der Waals surface area contributed by atoms with Gasteiger partial charge in [-0.3, -0.25) is 14.7 Å². The summed E-state index contributed by atoms with van der Waals surface area (Å²) >= 11 is 0. The smallest absolute Gasteiger partial charge is 0.416 e. The molecule has 0 spiro atoms. The van der Waals surface area contributed by atoms with Crippen LogP contribution in [0.4, 0.5) is 13.2 Å². The van der Waals surface area contributed by atoms with E-state index in [2.05, 4.69) is 15.5 Å². The van der Waals surface area contributed by atoms with Gasteiger partial charge in [0.2, 0.25) is 5.91 Å². The largest absolute Gasteiger partial charge is 0.497 e. The standard InChI is InChI=1S/C25H25F3N4O4/c1-35-18-6-7-21(36-2)16(11-18)12-22(33)32-9-8-20-19(14-32)23(31-30-20)24(34)29-13-15-4-3-5-17(10-15)25(26,27)28/h3-7,10-11H,8-9,12-14H2,1-2H3,(H,29,34)(H,30,31). The van der Waals surface area contributed by atoms with E-state index >= 15 is 0 Å². The zero-order chi connectivity index (χ0) is 25.9. The molecule has 1 aromatic heterocycles. The normalized spacial score (nSPS) is 13.2. The van der Waals surface area contributed by atoms with Gasteiger partial charge in [-0.05, 0) is 35.9 Å². The van der Waals surface area contributed by atoms with Crippen LogP contribution < -0.4 is 14.8 Å². The minimum atomic E-state index is -4.47. The Bertz CT molecular complexity index is 1270. The number of nitrogens with zero attached hydrogens (tertiary/aromatic N) is 2. The summed E-state index contributed by atoms with van der Waals surface area (Å²) in [4.78, 5) is 27.5. The van der Waals surface area contributed by atoms with Gasteiger partial charge in [-0.15, -0.1) is 0 Å². The zero-order valence-electron chi connectivity index (χ0n) is 19.7. The number of amides is 2. The lowest BCUT2D eigenvalue weighted by Crippen LogP contribution is -2.37. The number of H-pyrrole nitrogens is 1. The maximum atomic E-state index is 13.1. The van der Waals surface area contributed by atoms with Crippen LogP contribution in [0.15, 0.2) is 42.5 Å². The van der Waals surface area contributed by atoms with Gasteiger partial charge in [-0.25, -0.2) is 0 Å². The van der Waals surface area contributed by atoms with Gasteiger partial charge in [0.15, 0.2) is 5.69 Å². The molecule has 2 N–H and O–H groups in total. The van der Waals surface area contributed by atoms with Crippen molar-refractivity contribution in [3.05, 3.63) is 76.1 Å². The number of carbonyl (C=O) groups is 2. The van der Waals surface area contributed by atoms with Crippen molar-refractivity contribution in [1.82, 2.24) is 20.4 Å². The number of ether oxygens (including phenoxy) is 2. The molecule has 2 aromatic carbocycles. The third-order valence-corrected chi connectivity index (χ3v) is 6.04. The molecule has 0 atom stereocenters. The van der Waals surface area contributed by atoms with Crippen LogP contribution in [0, 0.1) is 0 Å². The predicted molar refractivity (Wildman–Crippen MR) is 124 cm³/mol. The first-order valence-electron chi connectivity index (χ1n) is 11.2. The van der Waals surface area contributed by atoms with Crippen LogP contribution in [0.2, 0.25) is 0 Å². The Morgan fingerprint density at radius 1 is 1.14 bits per heavy atom. The Morgan fingerprint density at radius 3 is 2.67 bits per heavy atom. The lowest BCUT2D eigenvalue weighted by molar-refractivity contribution is -0.137. The average molecular weight is 502 g/mol. The quantitative estimate of drug-likeness (QED) is 0.516. The van der Waals surface area contributed by atoms with Gasteiger partial charge in [0, 0.05) is 42.9 Å². The van der Waals surface area contributed by atoms with Crippen molar-refractivity contribution in [1.29, 1.82) is 0 Å². The van der Waals surface area contributed by atoms with Crippen molar-refractivity contribution in [2.45, 2.75) is 32.1 Å². The average Bonchev–Trinajstić information content (AvgIpc) is 3.30. The number of fused-ring (bicyclic) bond motifs is 1. The first-order valence-corrected chi connectivity index (χ1v) is 11.2. The summed E-state index contributed by atoms with van der Waals surface area (Å²) in [6.45, 7) is 0.539. The highest BCUT2D eigenvalue weighted by molar-refractivity contribution is 5.94. The molecule has 2 heterocycles. The molecule has 3 aromatic rings. The third-order valence-electron chi connectivity index (χ3n) is 6.04. The molecule has 0 aliphatic carbocycles. The van der Waals surface area contributed by atoms with Gasteiger partial charge in [0.25, 0.3) is 5.91 Å². The van der Waals surface area contributed by atoms with E-state index in [0.29, 0.717) is 41.2 Å². The number of benzene rings is 2. The van der Waals surface area contributed by atoms with E-state index in [1.165, 1.54) is 26.4 Å². The summed E-state index contributed by atoms with van der Waals surface area (Å²) in [5, 5.41) is 9.56. The Balaban J connectivity index is 1.44. The van der Waals surface area contributed by atoms with Crippen LogP contribution in [0.25, 0.3) is 0 Å². The van der Waals surface area contributed by atoms with Gasteiger partial charge < -0.3 is 19.7 Å². The van der Waals surface area contributed by atoms with Gasteiger partial charge in [-0.2, -0.15) is 18.3 Å². The summed E-state index contributed by atoms with van der Waals surface area (Å²) < 4.78 is 49.5. The second kappa shape index (κ2) is 10.3. The topological polar surface area (TPSA) is 96.6 Å². The highest BCUT2D eigenvalue weighted by atomic mass is 19.4. The molecule has 0 saturated carbocycles. The summed E-state index contributed by atoms with van der Waals surface area (Å²) in [5.41, 5.74) is 1.67. The molecule has 2 amide bonds. The zero-order valence-corrected chi connectivity index (χ0v) is 19.7. The van der Waals surface area contributed by atoms with Crippen LogP contribution in [0.3, 0.4) is 0 Å². The number of alkyl halides is 3. The first kappa shape index (κ1) is 25.1. The molecular formula is C25H25F3N4O4. The van der Waals surface area contributed by atoms with Gasteiger partial charge in [0.1, 0.15) is 11.5 Å². The molecule has 0 unspecified atom stereocenters. The number of nitrogens with one attached hydrogen (secondary N) is 2. The molecule has 190 valence electrons. The maximum absolute atomic E-state index is 13.1. The van der Waals surface area contributed by atoms with E-state index in [0.717, 1.165) is 17.8 Å². The van der Waals surface area contributed by atoms with Crippen LogP contribution in [0.1, 0.15) is 38.4 Å². The van der Waals surface area contributed by atoms with Crippen molar-refractivity contribution >= 4 is 11.8 Å². The van der Waals surface area contributed by atoms with Crippen molar-refractivity contribution in [2.24, 2.45) is 0 Å². The molecule has 4 rings (SSSR count). The van der Waals surface area contributed by atoms with Gasteiger partial charge in [0.05, 0.1) is 26.2 Å². The third kappa shape index (κ3) is 5.45. The fourth-order valence-corrected chi connectivity index (χ4v) is 4.11. The number of halogens is 3. The van der Waals surface area contributed by atoms with E-state index in [-0.39, 0.29) is 31.1 Å². The fraction of sp³-hybridized carbons (Fsp3) is 0.320. The molecular weight excluding hydrogens is 477 g/mol. The number of methoxy groups -OCH3 is 2. The highest BCUT2D eigenvalue weighted by Crippen LogP contribution is 2.30. The molecule has 36 heavy (non-hydrogen) atoms. The lowest BCUT2D eigenvalue weighted by Gasteiger charge is -2.27. The number of aromatic amines is 1. The number of hydrogen-bond acceptors (Lipinski definition) is 5. The minimum Gasteiger partial charge on any atom is -0.497 e. The van der Waals surface area contributed by atoms with Gasteiger partial charge >= 0.3 is 6.18 Å². The molecule has 0 radical (unpaired) electrons. The van der Waals surface area contributed by atoms with Crippen molar-refractivity contribution in [3.8, 4) is 11.5 Å². The van der Waals surface area contributed by atoms with Crippen LogP contribution in [0.5, 0.6) is 11.5 Å². The van der Waals surface area contributed by atoms with E-state index in [1.807, 2.05) is 0 Å². The van der Waals surface area contributed by atoms with Crippen LogP contribution in [-0.2, 0) is 36.9 Å². The molecule has 0 fully saturated rings. The Kier molecular flexibility index (Phi) is 7.18. The first-order chi connectivity index (χ1) is 17.2. The van der Waals surface area contributed by atoms with E-state index < -0.39 is 17.6 Å². The lowest BCUT2D eigenvalue weighted by atomic mass is 10.0. The molecule has 1 aliphatic heterocycles. The van der Waals surface area contributed by atoms with E-state index in [4.69, 9.17) is 9.47 Å². The summed E-state index contributed by atoms with van der Waals surface area (Å²) in [7, 11) is 3.07. The van der Waals surface area contributed by atoms with Crippen molar-refractivity contribution in [3.63, 3.8) is 0 Å². The molecule has 1 aliphatic rings.